The number of Topliss-reactive ketones (excluding diaryl/α,β-unsaturated/α-hetero) is 1. The number of hydrogen-bond acceptors (Lipinski definition) is 3. The fourth-order valence-electron chi connectivity index (χ4n) is 3.95. The van der Waals surface area contributed by atoms with E-state index in [1.54, 1.807) is 24.3 Å². The molecule has 0 saturated heterocycles. The summed E-state index contributed by atoms with van der Waals surface area (Å²) in [6.07, 6.45) is 2.24. The highest BCUT2D eigenvalue weighted by molar-refractivity contribution is 5.99. The Hall–Kier alpha value is -2.46. The van der Waals surface area contributed by atoms with Gasteiger partial charge in [-0.2, -0.15) is 0 Å². The molecule has 2 aromatic rings. The van der Waals surface area contributed by atoms with Crippen LogP contribution in [-0.2, 0) is 15.6 Å². The normalized spacial score (nSPS) is 18.0. The van der Waals surface area contributed by atoms with Crippen molar-refractivity contribution in [3.05, 3.63) is 70.8 Å². The first-order valence-electron chi connectivity index (χ1n) is 9.88. The number of fused-ring (bicyclic) bond motifs is 1. The Kier molecular flexibility index (Phi) is 5.44. The lowest BCUT2D eigenvalue weighted by atomic mass is 9.63. The number of hydrogen-bond donors (Lipinski definition) is 2. The SMILES string of the molecule is CC1(C)CCC(C)(C)c2cc(C(N)C(=O)NCC(=O)c3ccccc3)ccc21. The van der Waals surface area contributed by atoms with Gasteiger partial charge in [-0.3, -0.25) is 9.59 Å². The minimum atomic E-state index is -0.797. The van der Waals surface area contributed by atoms with E-state index in [4.69, 9.17) is 5.73 Å². The van der Waals surface area contributed by atoms with Crippen molar-refractivity contribution in [3.63, 3.8) is 0 Å². The maximum atomic E-state index is 12.5. The van der Waals surface area contributed by atoms with E-state index < -0.39 is 6.04 Å². The predicted molar refractivity (Wildman–Crippen MR) is 112 cm³/mol. The molecule has 148 valence electrons. The summed E-state index contributed by atoms with van der Waals surface area (Å²) in [6, 6.07) is 14.3. The van der Waals surface area contributed by atoms with E-state index in [0.717, 1.165) is 18.4 Å². The first kappa shape index (κ1) is 20.3. The van der Waals surface area contributed by atoms with Gasteiger partial charge in [0.25, 0.3) is 0 Å². The highest BCUT2D eigenvalue weighted by Crippen LogP contribution is 2.46. The smallest absolute Gasteiger partial charge is 0.241 e. The topological polar surface area (TPSA) is 72.2 Å². The third-order valence-corrected chi connectivity index (χ3v) is 6.04. The number of nitrogens with two attached hydrogens (primary N) is 1. The Morgan fingerprint density at radius 2 is 1.57 bits per heavy atom. The molecule has 4 heteroatoms. The second-order valence-corrected chi connectivity index (χ2v) is 9.06. The average molecular weight is 379 g/mol. The van der Waals surface area contributed by atoms with Crippen LogP contribution in [0.2, 0.25) is 0 Å². The van der Waals surface area contributed by atoms with Gasteiger partial charge >= 0.3 is 0 Å². The van der Waals surface area contributed by atoms with Gasteiger partial charge in [-0.05, 0) is 40.4 Å². The van der Waals surface area contributed by atoms with Gasteiger partial charge in [0.2, 0.25) is 5.91 Å². The van der Waals surface area contributed by atoms with Crippen molar-refractivity contribution in [3.8, 4) is 0 Å². The molecule has 0 spiro atoms. The van der Waals surface area contributed by atoms with Crippen LogP contribution in [0.4, 0.5) is 0 Å². The van der Waals surface area contributed by atoms with Crippen molar-refractivity contribution in [2.45, 2.75) is 57.4 Å². The molecular formula is C24H30N2O2. The van der Waals surface area contributed by atoms with Gasteiger partial charge in [0.15, 0.2) is 5.78 Å². The van der Waals surface area contributed by atoms with E-state index in [9.17, 15) is 9.59 Å². The number of amides is 1. The molecule has 0 aliphatic heterocycles. The Morgan fingerprint density at radius 3 is 2.21 bits per heavy atom. The summed E-state index contributed by atoms with van der Waals surface area (Å²) in [5, 5.41) is 2.68. The number of ketones is 1. The lowest BCUT2D eigenvalue weighted by Gasteiger charge is -2.42. The van der Waals surface area contributed by atoms with Gasteiger partial charge in [0.1, 0.15) is 6.04 Å². The van der Waals surface area contributed by atoms with E-state index in [-0.39, 0.29) is 29.1 Å². The van der Waals surface area contributed by atoms with E-state index in [2.05, 4.69) is 45.1 Å². The molecule has 1 aliphatic rings. The monoisotopic (exact) mass is 378 g/mol. The van der Waals surface area contributed by atoms with E-state index in [1.165, 1.54) is 11.1 Å². The van der Waals surface area contributed by atoms with Gasteiger partial charge in [0, 0.05) is 5.56 Å². The number of nitrogens with one attached hydrogen (secondary N) is 1. The fourth-order valence-corrected chi connectivity index (χ4v) is 3.95. The predicted octanol–water partition coefficient (Wildman–Crippen LogP) is 4.03. The van der Waals surface area contributed by atoms with Crippen molar-refractivity contribution in [2.75, 3.05) is 6.54 Å². The molecule has 28 heavy (non-hydrogen) atoms. The number of carbonyl (C=O) groups excluding carboxylic acids is 2. The minimum absolute atomic E-state index is 0.0555. The summed E-state index contributed by atoms with van der Waals surface area (Å²) in [5.74, 6) is -0.466. The van der Waals surface area contributed by atoms with E-state index in [0.29, 0.717) is 5.56 Å². The number of rotatable bonds is 5. The maximum absolute atomic E-state index is 12.5. The zero-order valence-electron chi connectivity index (χ0n) is 17.2. The van der Waals surface area contributed by atoms with E-state index >= 15 is 0 Å². The minimum Gasteiger partial charge on any atom is -0.347 e. The molecule has 0 aromatic heterocycles. The van der Waals surface area contributed by atoms with Crippen molar-refractivity contribution in [1.82, 2.24) is 5.32 Å². The molecule has 3 N–H and O–H groups in total. The van der Waals surface area contributed by atoms with Crippen LogP contribution in [0.15, 0.2) is 48.5 Å². The first-order valence-corrected chi connectivity index (χ1v) is 9.88. The Labute approximate surface area is 167 Å². The van der Waals surface area contributed by atoms with Crippen LogP contribution in [0.3, 0.4) is 0 Å². The van der Waals surface area contributed by atoms with Crippen molar-refractivity contribution >= 4 is 11.7 Å². The zero-order chi connectivity index (χ0) is 20.5. The largest absolute Gasteiger partial charge is 0.347 e. The molecular weight excluding hydrogens is 348 g/mol. The van der Waals surface area contributed by atoms with Gasteiger partial charge < -0.3 is 11.1 Å². The van der Waals surface area contributed by atoms with Crippen LogP contribution in [0, 0.1) is 0 Å². The number of benzene rings is 2. The molecule has 0 saturated carbocycles. The molecule has 3 rings (SSSR count). The highest BCUT2D eigenvalue weighted by atomic mass is 16.2. The van der Waals surface area contributed by atoms with Crippen LogP contribution in [0.5, 0.6) is 0 Å². The summed E-state index contributed by atoms with van der Waals surface area (Å²) in [5.41, 5.74) is 10.4. The van der Waals surface area contributed by atoms with Crippen LogP contribution in [-0.4, -0.2) is 18.2 Å². The van der Waals surface area contributed by atoms with Crippen molar-refractivity contribution in [1.29, 1.82) is 0 Å². The molecule has 0 radical (unpaired) electrons. The third kappa shape index (κ3) is 4.02. The van der Waals surface area contributed by atoms with E-state index in [1.807, 2.05) is 12.1 Å². The van der Waals surface area contributed by atoms with Crippen molar-refractivity contribution in [2.24, 2.45) is 5.73 Å². The van der Waals surface area contributed by atoms with Gasteiger partial charge in [-0.25, -0.2) is 0 Å². The molecule has 0 bridgehead atoms. The standard InChI is InChI=1S/C24H30N2O2/c1-23(2)12-13-24(3,4)19-14-17(10-11-18(19)23)21(25)22(28)26-15-20(27)16-8-6-5-7-9-16/h5-11,14,21H,12-13,15,25H2,1-4H3,(H,26,28). The zero-order valence-corrected chi connectivity index (χ0v) is 17.2. The molecule has 1 aliphatic carbocycles. The first-order chi connectivity index (χ1) is 13.1. The third-order valence-electron chi connectivity index (χ3n) is 6.04. The Morgan fingerprint density at radius 1 is 0.964 bits per heavy atom. The second-order valence-electron chi connectivity index (χ2n) is 9.06. The Balaban J connectivity index is 1.75. The fraction of sp³-hybridized carbons (Fsp3) is 0.417. The summed E-state index contributed by atoms with van der Waals surface area (Å²) < 4.78 is 0. The molecule has 4 nitrogen and oxygen atoms in total. The molecule has 0 fully saturated rings. The lowest BCUT2D eigenvalue weighted by molar-refractivity contribution is -0.122. The van der Waals surface area contributed by atoms with Gasteiger partial charge in [-0.15, -0.1) is 0 Å². The van der Waals surface area contributed by atoms with Crippen LogP contribution >= 0.6 is 0 Å². The lowest BCUT2D eigenvalue weighted by Crippen LogP contribution is -2.38. The Bertz CT molecular complexity index is 885. The van der Waals surface area contributed by atoms with Gasteiger partial charge in [-0.1, -0.05) is 76.2 Å². The molecule has 0 heterocycles. The quantitative estimate of drug-likeness (QED) is 0.772. The summed E-state index contributed by atoms with van der Waals surface area (Å²) in [7, 11) is 0. The van der Waals surface area contributed by atoms with Crippen LogP contribution in [0.1, 0.15) is 73.6 Å². The molecule has 2 aromatic carbocycles. The highest BCUT2D eigenvalue weighted by Gasteiger charge is 2.37. The van der Waals surface area contributed by atoms with Crippen LogP contribution < -0.4 is 11.1 Å². The second kappa shape index (κ2) is 7.51. The maximum Gasteiger partial charge on any atom is 0.241 e. The molecule has 1 amide bonds. The molecule has 1 unspecified atom stereocenters. The summed E-state index contributed by atoms with van der Waals surface area (Å²) in [4.78, 5) is 24.7. The van der Waals surface area contributed by atoms with Gasteiger partial charge in [0.05, 0.1) is 6.54 Å². The summed E-state index contributed by atoms with van der Waals surface area (Å²) >= 11 is 0. The van der Waals surface area contributed by atoms with Crippen LogP contribution in [0.25, 0.3) is 0 Å². The van der Waals surface area contributed by atoms with Crippen molar-refractivity contribution < 1.29 is 9.59 Å². The molecule has 1 atom stereocenters. The average Bonchev–Trinajstić information content (AvgIpc) is 2.69. The number of carbonyl (C=O) groups is 2. The summed E-state index contributed by atoms with van der Waals surface area (Å²) in [6.45, 7) is 8.97.